The lowest BCUT2D eigenvalue weighted by molar-refractivity contribution is -0.121. The van der Waals surface area contributed by atoms with Crippen LogP contribution in [-0.4, -0.2) is 36.5 Å². The van der Waals surface area contributed by atoms with E-state index in [1.165, 1.54) is 19.3 Å². The first-order chi connectivity index (χ1) is 9.66. The average Bonchev–Trinajstić information content (AvgIpc) is 2.48. The van der Waals surface area contributed by atoms with Crippen LogP contribution in [0.1, 0.15) is 37.1 Å². The van der Waals surface area contributed by atoms with Gasteiger partial charge in [0.2, 0.25) is 5.91 Å². The van der Waals surface area contributed by atoms with Crippen LogP contribution in [0.5, 0.6) is 0 Å². The fourth-order valence-corrected chi connectivity index (χ4v) is 2.87. The first-order valence-electron chi connectivity index (χ1n) is 7.38. The van der Waals surface area contributed by atoms with Gasteiger partial charge in [-0.1, -0.05) is 36.8 Å². The summed E-state index contributed by atoms with van der Waals surface area (Å²) in [4.78, 5) is 14.6. The molecule has 1 N–H and O–H groups in total. The summed E-state index contributed by atoms with van der Waals surface area (Å²) < 4.78 is 0. The van der Waals surface area contributed by atoms with Crippen molar-refractivity contribution in [1.82, 2.24) is 10.2 Å². The Bertz CT molecular complexity index is 418. The van der Waals surface area contributed by atoms with Crippen molar-refractivity contribution in [3.05, 3.63) is 35.9 Å². The number of amides is 1. The smallest absolute Gasteiger partial charge is 0.242 e. The number of hydrogen-bond acceptors (Lipinski definition) is 2. The van der Waals surface area contributed by atoms with E-state index in [0.29, 0.717) is 0 Å². The molecule has 0 bridgehead atoms. The molecule has 0 radical (unpaired) electrons. The third kappa shape index (κ3) is 4.50. The van der Waals surface area contributed by atoms with Gasteiger partial charge in [0.05, 0.1) is 0 Å². The molecule has 2 atom stereocenters. The molecule has 1 aromatic carbocycles. The fourth-order valence-electron chi connectivity index (χ4n) is 2.66. The molecule has 1 amide bonds. The van der Waals surface area contributed by atoms with Crippen LogP contribution >= 0.6 is 11.6 Å². The second-order valence-electron chi connectivity index (χ2n) is 5.54. The van der Waals surface area contributed by atoms with Gasteiger partial charge < -0.3 is 10.2 Å². The summed E-state index contributed by atoms with van der Waals surface area (Å²) in [7, 11) is 0. The van der Waals surface area contributed by atoms with Gasteiger partial charge in [0.1, 0.15) is 5.38 Å². The largest absolute Gasteiger partial charge is 0.351 e. The van der Waals surface area contributed by atoms with E-state index in [2.05, 4.69) is 10.2 Å². The average molecular weight is 295 g/mol. The fraction of sp³-hybridized carbons (Fsp3) is 0.562. The van der Waals surface area contributed by atoms with Crippen molar-refractivity contribution < 1.29 is 4.79 Å². The van der Waals surface area contributed by atoms with Crippen LogP contribution in [0.15, 0.2) is 30.3 Å². The molecule has 1 aliphatic heterocycles. The highest BCUT2D eigenvalue weighted by Crippen LogP contribution is 2.20. The molecular formula is C16H23ClN2O. The standard InChI is InChI=1S/C16H23ClN2O/c1-13(12-19-10-6-3-7-11-19)18-16(20)15(17)14-8-4-2-5-9-14/h2,4-5,8-9,13,15H,3,6-7,10-12H2,1H3,(H,18,20). The van der Waals surface area contributed by atoms with Crippen molar-refractivity contribution in [1.29, 1.82) is 0 Å². The molecule has 1 fully saturated rings. The quantitative estimate of drug-likeness (QED) is 0.847. The van der Waals surface area contributed by atoms with E-state index >= 15 is 0 Å². The van der Waals surface area contributed by atoms with Crippen LogP contribution in [0.2, 0.25) is 0 Å². The predicted molar refractivity (Wildman–Crippen MR) is 82.9 cm³/mol. The number of carbonyl (C=O) groups excluding carboxylic acids is 1. The maximum Gasteiger partial charge on any atom is 0.242 e. The minimum atomic E-state index is -0.611. The lowest BCUT2D eigenvalue weighted by Crippen LogP contribution is -2.44. The van der Waals surface area contributed by atoms with E-state index in [1.54, 1.807) is 0 Å². The Kier molecular flexibility index (Phi) is 5.86. The molecule has 1 aliphatic rings. The van der Waals surface area contributed by atoms with Crippen molar-refractivity contribution in [2.75, 3.05) is 19.6 Å². The molecule has 0 aliphatic carbocycles. The van der Waals surface area contributed by atoms with Gasteiger partial charge >= 0.3 is 0 Å². The highest BCUT2D eigenvalue weighted by molar-refractivity contribution is 6.30. The van der Waals surface area contributed by atoms with Crippen molar-refractivity contribution in [2.24, 2.45) is 0 Å². The number of likely N-dealkylation sites (tertiary alicyclic amines) is 1. The van der Waals surface area contributed by atoms with E-state index in [4.69, 9.17) is 11.6 Å². The maximum atomic E-state index is 12.1. The Labute approximate surface area is 126 Å². The topological polar surface area (TPSA) is 32.3 Å². The van der Waals surface area contributed by atoms with Gasteiger partial charge in [-0.3, -0.25) is 4.79 Å². The van der Waals surface area contributed by atoms with Gasteiger partial charge in [-0.05, 0) is 38.4 Å². The predicted octanol–water partition coefficient (Wildman–Crippen LogP) is 2.96. The second kappa shape index (κ2) is 7.65. The number of rotatable bonds is 5. The van der Waals surface area contributed by atoms with Crippen LogP contribution in [0, 0.1) is 0 Å². The third-order valence-corrected chi connectivity index (χ3v) is 4.14. The zero-order valence-electron chi connectivity index (χ0n) is 12.0. The summed E-state index contributed by atoms with van der Waals surface area (Å²) in [5.41, 5.74) is 0.844. The molecular weight excluding hydrogens is 272 g/mol. The zero-order valence-corrected chi connectivity index (χ0v) is 12.8. The van der Waals surface area contributed by atoms with Crippen LogP contribution in [0.25, 0.3) is 0 Å². The number of nitrogens with zero attached hydrogens (tertiary/aromatic N) is 1. The SMILES string of the molecule is CC(CN1CCCCC1)NC(=O)C(Cl)c1ccccc1. The Morgan fingerprint density at radius 3 is 2.55 bits per heavy atom. The molecule has 2 rings (SSSR count). The number of benzene rings is 1. The van der Waals surface area contributed by atoms with Gasteiger partial charge in [-0.25, -0.2) is 0 Å². The summed E-state index contributed by atoms with van der Waals surface area (Å²) in [6.07, 6.45) is 3.86. The molecule has 1 saturated heterocycles. The van der Waals surface area contributed by atoms with Crippen molar-refractivity contribution in [3.63, 3.8) is 0 Å². The van der Waals surface area contributed by atoms with Crippen molar-refractivity contribution >= 4 is 17.5 Å². The summed E-state index contributed by atoms with van der Waals surface area (Å²) >= 11 is 6.22. The number of alkyl halides is 1. The van der Waals surface area contributed by atoms with Crippen LogP contribution in [0.3, 0.4) is 0 Å². The van der Waals surface area contributed by atoms with Gasteiger partial charge in [0, 0.05) is 12.6 Å². The molecule has 0 spiro atoms. The number of halogens is 1. The van der Waals surface area contributed by atoms with Gasteiger partial charge in [-0.2, -0.15) is 0 Å². The molecule has 110 valence electrons. The monoisotopic (exact) mass is 294 g/mol. The third-order valence-electron chi connectivity index (χ3n) is 3.69. The summed E-state index contributed by atoms with van der Waals surface area (Å²) in [5.74, 6) is -0.109. The number of piperidine rings is 1. The second-order valence-corrected chi connectivity index (χ2v) is 5.98. The number of nitrogens with one attached hydrogen (secondary N) is 1. The normalized spacial score (nSPS) is 19.3. The summed E-state index contributed by atoms with van der Waals surface area (Å²) in [6, 6.07) is 9.61. The molecule has 3 nitrogen and oxygen atoms in total. The molecule has 0 saturated carbocycles. The van der Waals surface area contributed by atoms with Gasteiger partial charge in [0.15, 0.2) is 0 Å². The highest BCUT2D eigenvalue weighted by atomic mass is 35.5. The van der Waals surface area contributed by atoms with Crippen LogP contribution < -0.4 is 5.32 Å². The Hall–Kier alpha value is -1.06. The maximum absolute atomic E-state index is 12.1. The zero-order chi connectivity index (χ0) is 14.4. The van der Waals surface area contributed by atoms with E-state index in [0.717, 1.165) is 25.2 Å². The molecule has 2 unspecified atom stereocenters. The van der Waals surface area contributed by atoms with E-state index in [-0.39, 0.29) is 11.9 Å². The molecule has 1 heterocycles. The van der Waals surface area contributed by atoms with Gasteiger partial charge in [-0.15, -0.1) is 11.6 Å². The van der Waals surface area contributed by atoms with Crippen LogP contribution in [-0.2, 0) is 4.79 Å². The van der Waals surface area contributed by atoms with E-state index in [1.807, 2.05) is 37.3 Å². The van der Waals surface area contributed by atoms with Crippen molar-refractivity contribution in [2.45, 2.75) is 37.6 Å². The first kappa shape index (κ1) is 15.3. The Balaban J connectivity index is 1.81. The Morgan fingerprint density at radius 2 is 1.90 bits per heavy atom. The summed E-state index contributed by atoms with van der Waals surface area (Å²) in [6.45, 7) is 5.23. The molecule has 0 aromatic heterocycles. The van der Waals surface area contributed by atoms with Gasteiger partial charge in [0.25, 0.3) is 0 Å². The minimum absolute atomic E-state index is 0.109. The molecule has 1 aromatic rings. The highest BCUT2D eigenvalue weighted by Gasteiger charge is 2.20. The van der Waals surface area contributed by atoms with Crippen molar-refractivity contribution in [3.8, 4) is 0 Å². The van der Waals surface area contributed by atoms with Crippen LogP contribution in [0.4, 0.5) is 0 Å². The van der Waals surface area contributed by atoms with E-state index < -0.39 is 5.38 Å². The lowest BCUT2D eigenvalue weighted by Gasteiger charge is -2.29. The number of hydrogen-bond donors (Lipinski definition) is 1. The lowest BCUT2D eigenvalue weighted by atomic mass is 10.1. The minimum Gasteiger partial charge on any atom is -0.351 e. The van der Waals surface area contributed by atoms with E-state index in [9.17, 15) is 4.79 Å². The summed E-state index contributed by atoms with van der Waals surface area (Å²) in [5, 5.41) is 2.40. The Morgan fingerprint density at radius 1 is 1.25 bits per heavy atom. The molecule has 4 heteroatoms. The first-order valence-corrected chi connectivity index (χ1v) is 7.82. The number of carbonyl (C=O) groups is 1. The molecule has 20 heavy (non-hydrogen) atoms.